The predicted molar refractivity (Wildman–Crippen MR) is 78.4 cm³/mol. The van der Waals surface area contributed by atoms with Gasteiger partial charge in [0.25, 0.3) is 0 Å². The van der Waals surface area contributed by atoms with Gasteiger partial charge in [-0.1, -0.05) is 13.8 Å². The van der Waals surface area contributed by atoms with Crippen molar-refractivity contribution >= 4 is 5.97 Å². The highest BCUT2D eigenvalue weighted by molar-refractivity contribution is 5.78. The zero-order valence-corrected chi connectivity index (χ0v) is 12.7. The fourth-order valence-electron chi connectivity index (χ4n) is 2.82. The normalized spacial score (nSPS) is 24.1. The average Bonchev–Trinajstić information content (AvgIpc) is 2.36. The number of hydrogen-bond acceptors (Lipinski definition) is 3. The van der Waals surface area contributed by atoms with Crippen LogP contribution in [0.25, 0.3) is 0 Å². The Morgan fingerprint density at radius 2 is 2.26 bits per heavy atom. The first-order valence-corrected chi connectivity index (χ1v) is 7.68. The van der Waals surface area contributed by atoms with Crippen LogP contribution >= 0.6 is 0 Å². The molecule has 0 saturated carbocycles. The molecule has 0 radical (unpaired) electrons. The summed E-state index contributed by atoms with van der Waals surface area (Å²) >= 11 is 0. The summed E-state index contributed by atoms with van der Waals surface area (Å²) in [7, 11) is 0. The van der Waals surface area contributed by atoms with Crippen LogP contribution in [-0.4, -0.2) is 47.7 Å². The van der Waals surface area contributed by atoms with Crippen molar-refractivity contribution in [3.05, 3.63) is 0 Å². The molecule has 1 rings (SSSR count). The van der Waals surface area contributed by atoms with Crippen LogP contribution in [0, 0.1) is 5.92 Å². The van der Waals surface area contributed by atoms with E-state index in [1.807, 2.05) is 6.92 Å². The maximum Gasteiger partial charge on any atom is 0.323 e. The van der Waals surface area contributed by atoms with Gasteiger partial charge in [-0.15, -0.1) is 0 Å². The summed E-state index contributed by atoms with van der Waals surface area (Å²) < 4.78 is 0. The Hall–Kier alpha value is -0.610. The van der Waals surface area contributed by atoms with Gasteiger partial charge in [0.15, 0.2) is 0 Å². The Kier molecular flexibility index (Phi) is 6.80. The van der Waals surface area contributed by atoms with E-state index in [0.717, 1.165) is 31.8 Å². The van der Waals surface area contributed by atoms with Crippen LogP contribution in [0.2, 0.25) is 0 Å². The molecule has 0 spiro atoms. The molecule has 0 bridgehead atoms. The van der Waals surface area contributed by atoms with Gasteiger partial charge < -0.3 is 15.3 Å². The third-order valence-corrected chi connectivity index (χ3v) is 4.13. The topological polar surface area (TPSA) is 52.6 Å². The minimum Gasteiger partial charge on any atom is -0.480 e. The standard InChI is InChI=1S/C15H30N2O2/c1-4-9-16-15(3,14(18)19)8-6-11-17-10-5-7-13(2)12-17/h13,16H,4-12H2,1-3H3,(H,18,19). The molecule has 4 nitrogen and oxygen atoms in total. The van der Waals surface area contributed by atoms with Gasteiger partial charge in [0.1, 0.15) is 5.54 Å². The number of hydrogen-bond donors (Lipinski definition) is 2. The average molecular weight is 270 g/mol. The summed E-state index contributed by atoms with van der Waals surface area (Å²) in [4.78, 5) is 13.9. The van der Waals surface area contributed by atoms with Crippen LogP contribution < -0.4 is 5.32 Å². The highest BCUT2D eigenvalue weighted by Crippen LogP contribution is 2.18. The molecular formula is C15H30N2O2. The van der Waals surface area contributed by atoms with E-state index < -0.39 is 11.5 Å². The van der Waals surface area contributed by atoms with E-state index in [2.05, 4.69) is 24.1 Å². The maximum atomic E-state index is 11.4. The molecular weight excluding hydrogens is 240 g/mol. The maximum absolute atomic E-state index is 11.4. The first-order valence-electron chi connectivity index (χ1n) is 7.68. The van der Waals surface area contributed by atoms with E-state index in [1.54, 1.807) is 0 Å². The van der Waals surface area contributed by atoms with Gasteiger partial charge in [0, 0.05) is 6.54 Å². The molecule has 112 valence electrons. The van der Waals surface area contributed by atoms with Crippen LogP contribution in [0.15, 0.2) is 0 Å². The molecule has 2 unspecified atom stereocenters. The summed E-state index contributed by atoms with van der Waals surface area (Å²) in [5.74, 6) is 0.0609. The van der Waals surface area contributed by atoms with Gasteiger partial charge in [-0.3, -0.25) is 4.79 Å². The Morgan fingerprint density at radius 3 is 2.84 bits per heavy atom. The number of likely N-dealkylation sites (tertiary alicyclic amines) is 1. The van der Waals surface area contributed by atoms with E-state index in [1.165, 1.54) is 25.9 Å². The first-order chi connectivity index (χ1) is 8.98. The number of carboxylic acids is 1. The lowest BCUT2D eigenvalue weighted by Crippen LogP contribution is -2.50. The van der Waals surface area contributed by atoms with Crippen molar-refractivity contribution in [2.45, 2.75) is 58.4 Å². The van der Waals surface area contributed by atoms with Gasteiger partial charge in [0.2, 0.25) is 0 Å². The van der Waals surface area contributed by atoms with Gasteiger partial charge >= 0.3 is 5.97 Å². The fourth-order valence-corrected chi connectivity index (χ4v) is 2.82. The molecule has 1 aliphatic rings. The molecule has 4 heteroatoms. The molecule has 2 atom stereocenters. The Balaban J connectivity index is 2.33. The summed E-state index contributed by atoms with van der Waals surface area (Å²) in [5, 5.41) is 12.5. The molecule has 1 heterocycles. The predicted octanol–water partition coefficient (Wildman–Crippen LogP) is 2.34. The number of carbonyl (C=O) groups is 1. The molecule has 1 saturated heterocycles. The number of carboxylic acid groups (broad SMARTS) is 1. The summed E-state index contributed by atoms with van der Waals surface area (Å²) in [6, 6.07) is 0. The van der Waals surface area contributed by atoms with Crippen molar-refractivity contribution in [2.75, 3.05) is 26.2 Å². The molecule has 1 fully saturated rings. The van der Waals surface area contributed by atoms with Crippen LogP contribution in [0.5, 0.6) is 0 Å². The number of piperidine rings is 1. The van der Waals surface area contributed by atoms with Crippen molar-refractivity contribution in [1.29, 1.82) is 0 Å². The molecule has 19 heavy (non-hydrogen) atoms. The lowest BCUT2D eigenvalue weighted by Gasteiger charge is -2.32. The number of nitrogens with one attached hydrogen (secondary N) is 1. The SMILES string of the molecule is CCCNC(C)(CCCN1CCCC(C)C1)C(=O)O. The van der Waals surface area contributed by atoms with Crippen LogP contribution in [-0.2, 0) is 4.79 Å². The van der Waals surface area contributed by atoms with Crippen molar-refractivity contribution < 1.29 is 9.90 Å². The molecule has 0 aromatic carbocycles. The van der Waals surface area contributed by atoms with Crippen molar-refractivity contribution in [3.63, 3.8) is 0 Å². The summed E-state index contributed by atoms with van der Waals surface area (Å²) in [6.07, 6.45) is 5.23. The van der Waals surface area contributed by atoms with Gasteiger partial charge in [-0.2, -0.15) is 0 Å². The third-order valence-electron chi connectivity index (χ3n) is 4.13. The Morgan fingerprint density at radius 1 is 1.53 bits per heavy atom. The Bertz CT molecular complexity index is 283. The molecule has 0 aromatic rings. The second kappa shape index (κ2) is 7.85. The first kappa shape index (κ1) is 16.4. The monoisotopic (exact) mass is 270 g/mol. The lowest BCUT2D eigenvalue weighted by atomic mass is 9.94. The van der Waals surface area contributed by atoms with Crippen molar-refractivity contribution in [2.24, 2.45) is 5.92 Å². The van der Waals surface area contributed by atoms with E-state index in [9.17, 15) is 9.90 Å². The highest BCUT2D eigenvalue weighted by atomic mass is 16.4. The summed E-state index contributed by atoms with van der Waals surface area (Å²) in [5.41, 5.74) is -0.766. The van der Waals surface area contributed by atoms with Crippen LogP contribution in [0.3, 0.4) is 0 Å². The van der Waals surface area contributed by atoms with Crippen molar-refractivity contribution in [3.8, 4) is 0 Å². The van der Waals surface area contributed by atoms with Crippen LogP contribution in [0.1, 0.15) is 52.9 Å². The molecule has 1 aliphatic heterocycles. The highest BCUT2D eigenvalue weighted by Gasteiger charge is 2.31. The van der Waals surface area contributed by atoms with Crippen LogP contribution in [0.4, 0.5) is 0 Å². The second-order valence-electron chi connectivity index (χ2n) is 6.22. The zero-order chi connectivity index (χ0) is 14.3. The minimum absolute atomic E-state index is 0.702. The van der Waals surface area contributed by atoms with E-state index in [-0.39, 0.29) is 0 Å². The lowest BCUT2D eigenvalue weighted by molar-refractivity contribution is -0.144. The number of aliphatic carboxylic acids is 1. The fraction of sp³-hybridized carbons (Fsp3) is 0.933. The zero-order valence-electron chi connectivity index (χ0n) is 12.7. The second-order valence-corrected chi connectivity index (χ2v) is 6.22. The number of rotatable bonds is 8. The van der Waals surface area contributed by atoms with E-state index in [0.29, 0.717) is 6.42 Å². The van der Waals surface area contributed by atoms with Crippen molar-refractivity contribution in [1.82, 2.24) is 10.2 Å². The quantitative estimate of drug-likeness (QED) is 0.711. The number of nitrogens with zero attached hydrogens (tertiary/aromatic N) is 1. The van der Waals surface area contributed by atoms with Gasteiger partial charge in [-0.05, 0) is 64.6 Å². The van der Waals surface area contributed by atoms with E-state index >= 15 is 0 Å². The molecule has 2 N–H and O–H groups in total. The third kappa shape index (κ3) is 5.49. The Labute approximate surface area is 117 Å². The van der Waals surface area contributed by atoms with Gasteiger partial charge in [0.05, 0.1) is 0 Å². The van der Waals surface area contributed by atoms with E-state index in [4.69, 9.17) is 0 Å². The summed E-state index contributed by atoms with van der Waals surface area (Å²) in [6.45, 7) is 10.3. The smallest absolute Gasteiger partial charge is 0.323 e. The largest absolute Gasteiger partial charge is 0.480 e. The van der Waals surface area contributed by atoms with Gasteiger partial charge in [-0.25, -0.2) is 0 Å². The molecule has 0 aliphatic carbocycles. The minimum atomic E-state index is -0.766. The molecule has 0 aromatic heterocycles. The molecule has 0 amide bonds.